The van der Waals surface area contributed by atoms with Gasteiger partial charge in [-0.2, -0.15) is 0 Å². The highest BCUT2D eigenvalue weighted by Crippen LogP contribution is 2.53. The summed E-state index contributed by atoms with van der Waals surface area (Å²) in [6.07, 6.45) is -5.39. The fourth-order valence-corrected chi connectivity index (χ4v) is 4.36. The summed E-state index contributed by atoms with van der Waals surface area (Å²) in [5.41, 5.74) is -2.57. The first kappa shape index (κ1) is 21.9. The first-order chi connectivity index (χ1) is 16.1. The zero-order valence-corrected chi connectivity index (χ0v) is 17.3. The minimum Gasteiger partial charge on any atom is -0.504 e. The van der Waals surface area contributed by atoms with Gasteiger partial charge in [0.15, 0.2) is 41.5 Å². The highest BCUT2D eigenvalue weighted by atomic mass is 16.8. The molecule has 0 amide bonds. The standard InChI is InChI=1S/C21H18O13/c1-30-17-16-9-4-31-21(32-9)18(17)34-20(29)6-3-8(23)13(25)15(27)11(6)10-5(19(28)33-16)2-7(22)12(24)14(10)26/h2-3,9,16-18,21-27H,4H2,1H3/t9?,16-,17?,18?,21-/m1/s1. The SMILES string of the molecule is COC1C2OC(=O)c3cc(O)c(O)c(O)c3-c3c(cc(O)c(O)c3O)C(=O)O[C@@H]1C1CO[C@@H]2O1. The van der Waals surface area contributed by atoms with E-state index in [2.05, 4.69) is 0 Å². The molecule has 0 radical (unpaired) electrons. The summed E-state index contributed by atoms with van der Waals surface area (Å²) in [6.45, 7) is -0.0263. The lowest BCUT2D eigenvalue weighted by Gasteiger charge is -2.38. The number of ether oxygens (including phenoxy) is 5. The van der Waals surface area contributed by atoms with E-state index in [1.807, 2.05) is 0 Å². The molecule has 2 aromatic carbocycles. The van der Waals surface area contributed by atoms with Crippen LogP contribution in [-0.4, -0.2) is 87.0 Å². The highest BCUT2D eigenvalue weighted by molar-refractivity contribution is 6.08. The van der Waals surface area contributed by atoms with Crippen molar-refractivity contribution in [2.45, 2.75) is 30.7 Å². The quantitative estimate of drug-likeness (QED) is 0.243. The van der Waals surface area contributed by atoms with Crippen LogP contribution in [0.5, 0.6) is 34.5 Å². The molecule has 4 bridgehead atoms. The molecule has 0 saturated carbocycles. The molecule has 180 valence electrons. The van der Waals surface area contributed by atoms with Crippen molar-refractivity contribution in [3.8, 4) is 45.6 Å². The third-order valence-corrected chi connectivity index (χ3v) is 5.97. The second kappa shape index (κ2) is 7.55. The molecule has 34 heavy (non-hydrogen) atoms. The Morgan fingerprint density at radius 2 is 1.29 bits per heavy atom. The lowest BCUT2D eigenvalue weighted by molar-refractivity contribution is -0.234. The number of methoxy groups -OCH3 is 1. The largest absolute Gasteiger partial charge is 0.504 e. The van der Waals surface area contributed by atoms with Gasteiger partial charge in [-0.15, -0.1) is 0 Å². The van der Waals surface area contributed by atoms with Gasteiger partial charge in [0.2, 0.25) is 11.5 Å². The van der Waals surface area contributed by atoms with Gasteiger partial charge in [0, 0.05) is 18.2 Å². The molecule has 0 aromatic heterocycles. The number of fused-ring (bicyclic) bond motifs is 9. The maximum Gasteiger partial charge on any atom is 0.339 e. The van der Waals surface area contributed by atoms with E-state index in [4.69, 9.17) is 23.7 Å². The number of phenols is 6. The van der Waals surface area contributed by atoms with Gasteiger partial charge in [-0.05, 0) is 12.1 Å². The molecule has 3 aliphatic heterocycles. The number of phenolic OH excluding ortho intramolecular Hbond substituents is 6. The van der Waals surface area contributed by atoms with Crippen LogP contribution in [0.15, 0.2) is 12.1 Å². The average Bonchev–Trinajstić information content (AvgIpc) is 3.24. The Hall–Kier alpha value is -3.94. The molecule has 0 spiro atoms. The summed E-state index contributed by atoms with van der Waals surface area (Å²) < 4.78 is 27.6. The first-order valence-electron chi connectivity index (χ1n) is 9.92. The van der Waals surface area contributed by atoms with Gasteiger partial charge < -0.3 is 54.3 Å². The average molecular weight is 478 g/mol. The van der Waals surface area contributed by atoms with E-state index in [0.29, 0.717) is 0 Å². The second-order valence-electron chi connectivity index (χ2n) is 7.85. The molecule has 2 fully saturated rings. The number of aromatic hydroxyl groups is 6. The summed E-state index contributed by atoms with van der Waals surface area (Å²) >= 11 is 0. The molecular weight excluding hydrogens is 460 g/mol. The van der Waals surface area contributed by atoms with Gasteiger partial charge in [0.1, 0.15) is 12.2 Å². The van der Waals surface area contributed by atoms with Gasteiger partial charge >= 0.3 is 11.9 Å². The number of benzene rings is 2. The van der Waals surface area contributed by atoms with Crippen LogP contribution in [0.1, 0.15) is 20.7 Å². The van der Waals surface area contributed by atoms with Crippen LogP contribution in [0.25, 0.3) is 11.1 Å². The lowest BCUT2D eigenvalue weighted by atomic mass is 9.92. The maximum absolute atomic E-state index is 13.2. The van der Waals surface area contributed by atoms with Crippen molar-refractivity contribution in [2.24, 2.45) is 0 Å². The predicted octanol–water partition coefficient (Wildman–Crippen LogP) is 0.422. The number of hydrogen-bond donors (Lipinski definition) is 6. The summed E-state index contributed by atoms with van der Waals surface area (Å²) in [6, 6.07) is 1.46. The van der Waals surface area contributed by atoms with E-state index in [-0.39, 0.29) is 6.61 Å². The van der Waals surface area contributed by atoms with Crippen LogP contribution < -0.4 is 0 Å². The second-order valence-corrected chi connectivity index (χ2v) is 7.85. The van der Waals surface area contributed by atoms with Crippen molar-refractivity contribution in [3.05, 3.63) is 23.3 Å². The molecule has 0 aliphatic carbocycles. The predicted molar refractivity (Wildman–Crippen MR) is 106 cm³/mol. The van der Waals surface area contributed by atoms with E-state index < -0.39 is 99.4 Å². The Bertz CT molecular complexity index is 1130. The van der Waals surface area contributed by atoms with Crippen LogP contribution in [-0.2, 0) is 23.7 Å². The number of rotatable bonds is 1. The summed E-state index contributed by atoms with van der Waals surface area (Å²) in [4.78, 5) is 26.5. The fraction of sp³-hybridized carbons (Fsp3) is 0.333. The van der Waals surface area contributed by atoms with Gasteiger partial charge in [-0.25, -0.2) is 9.59 Å². The van der Waals surface area contributed by atoms with E-state index in [9.17, 15) is 40.2 Å². The van der Waals surface area contributed by atoms with Crippen LogP contribution in [0.4, 0.5) is 0 Å². The number of carbonyl (C=O) groups excluding carboxylic acids is 2. The number of hydrogen-bond acceptors (Lipinski definition) is 13. The van der Waals surface area contributed by atoms with Crippen molar-refractivity contribution in [3.63, 3.8) is 0 Å². The minimum absolute atomic E-state index is 0.0263. The van der Waals surface area contributed by atoms with Crippen LogP contribution in [0.3, 0.4) is 0 Å². The highest BCUT2D eigenvalue weighted by Gasteiger charge is 2.55. The molecular formula is C21H18O13. The smallest absolute Gasteiger partial charge is 0.339 e. The molecule has 2 aromatic rings. The Morgan fingerprint density at radius 3 is 1.79 bits per heavy atom. The number of esters is 2. The molecule has 5 atom stereocenters. The third-order valence-electron chi connectivity index (χ3n) is 5.97. The van der Waals surface area contributed by atoms with Gasteiger partial charge in [-0.1, -0.05) is 0 Å². The Kier molecular flexibility index (Phi) is 4.86. The van der Waals surface area contributed by atoms with E-state index in [1.165, 1.54) is 7.11 Å². The summed E-state index contributed by atoms with van der Waals surface area (Å²) in [7, 11) is 1.28. The lowest BCUT2D eigenvalue weighted by Crippen LogP contribution is -2.57. The third kappa shape index (κ3) is 2.98. The van der Waals surface area contributed by atoms with Crippen molar-refractivity contribution >= 4 is 11.9 Å². The number of carbonyl (C=O) groups is 2. The molecule has 13 heteroatoms. The molecule has 3 heterocycles. The Labute approximate surface area is 189 Å². The topological polar surface area (TPSA) is 202 Å². The van der Waals surface area contributed by atoms with Crippen molar-refractivity contribution in [2.75, 3.05) is 13.7 Å². The van der Waals surface area contributed by atoms with Crippen LogP contribution in [0.2, 0.25) is 0 Å². The molecule has 3 unspecified atom stereocenters. The van der Waals surface area contributed by atoms with Gasteiger partial charge in [0.05, 0.1) is 17.7 Å². The Morgan fingerprint density at radius 1 is 0.794 bits per heavy atom. The van der Waals surface area contributed by atoms with Gasteiger partial charge in [0.25, 0.3) is 0 Å². The minimum atomic E-state index is -1.27. The van der Waals surface area contributed by atoms with Crippen molar-refractivity contribution in [1.82, 2.24) is 0 Å². The van der Waals surface area contributed by atoms with Crippen LogP contribution in [0, 0.1) is 0 Å². The van der Waals surface area contributed by atoms with Crippen LogP contribution >= 0.6 is 0 Å². The molecule has 13 nitrogen and oxygen atoms in total. The monoisotopic (exact) mass is 478 g/mol. The zero-order valence-electron chi connectivity index (χ0n) is 17.3. The molecule has 3 aliphatic rings. The van der Waals surface area contributed by atoms with Gasteiger partial charge in [-0.3, -0.25) is 0 Å². The molecule has 6 N–H and O–H groups in total. The van der Waals surface area contributed by atoms with E-state index in [0.717, 1.165) is 12.1 Å². The zero-order chi connectivity index (χ0) is 24.5. The Balaban J connectivity index is 1.84. The van der Waals surface area contributed by atoms with Crippen molar-refractivity contribution < 1.29 is 63.9 Å². The molecule has 2 saturated heterocycles. The summed E-state index contributed by atoms with van der Waals surface area (Å²) in [5, 5.41) is 61.5. The first-order valence-corrected chi connectivity index (χ1v) is 9.92. The maximum atomic E-state index is 13.2. The van der Waals surface area contributed by atoms with E-state index >= 15 is 0 Å². The fourth-order valence-electron chi connectivity index (χ4n) is 4.36. The normalized spacial score (nSPS) is 27.7. The summed E-state index contributed by atoms with van der Waals surface area (Å²) in [5.74, 6) is -8.63. The van der Waals surface area contributed by atoms with E-state index in [1.54, 1.807) is 0 Å². The van der Waals surface area contributed by atoms with Crippen molar-refractivity contribution in [1.29, 1.82) is 0 Å². The molecule has 5 rings (SSSR count).